The molecular weight excluding hydrogens is 221 g/mol. The van der Waals surface area contributed by atoms with E-state index in [1.807, 2.05) is 0 Å². The first-order valence-corrected chi connectivity index (χ1v) is 5.44. The van der Waals surface area contributed by atoms with Crippen LogP contribution < -0.4 is 10.5 Å². The number of aryl methyl sites for hydroxylation is 1. The summed E-state index contributed by atoms with van der Waals surface area (Å²) in [6, 6.07) is 6.00. The van der Waals surface area contributed by atoms with Crippen molar-refractivity contribution in [3.63, 3.8) is 0 Å². The highest BCUT2D eigenvalue weighted by molar-refractivity contribution is 5.28. The molecule has 2 aromatic rings. The average Bonchev–Trinajstić information content (AvgIpc) is 2.74. The van der Waals surface area contributed by atoms with Gasteiger partial charge in [0.15, 0.2) is 5.75 Å². The molecular formula is C12H14FN3O. The minimum absolute atomic E-state index is 0.321. The highest BCUT2D eigenvalue weighted by Crippen LogP contribution is 2.21. The molecule has 0 unspecified atom stereocenters. The summed E-state index contributed by atoms with van der Waals surface area (Å²) in [4.78, 5) is 0. The quantitative estimate of drug-likeness (QED) is 0.864. The van der Waals surface area contributed by atoms with Crippen LogP contribution in [0, 0.1) is 5.82 Å². The van der Waals surface area contributed by atoms with E-state index in [0.29, 0.717) is 18.0 Å². The van der Waals surface area contributed by atoms with Crippen molar-refractivity contribution in [1.82, 2.24) is 9.78 Å². The molecule has 90 valence electrons. The van der Waals surface area contributed by atoms with E-state index in [0.717, 1.165) is 13.0 Å². The fourth-order valence-corrected chi connectivity index (χ4v) is 1.44. The molecule has 0 amide bonds. The summed E-state index contributed by atoms with van der Waals surface area (Å²) in [6.07, 6.45) is 4.23. The van der Waals surface area contributed by atoms with Crippen LogP contribution in [-0.2, 0) is 6.54 Å². The van der Waals surface area contributed by atoms with E-state index in [1.165, 1.54) is 12.1 Å². The Morgan fingerprint density at radius 3 is 3.00 bits per heavy atom. The van der Waals surface area contributed by atoms with Crippen LogP contribution in [0.3, 0.4) is 0 Å². The minimum atomic E-state index is -0.321. The second kappa shape index (κ2) is 5.45. The molecule has 4 nitrogen and oxygen atoms in total. The van der Waals surface area contributed by atoms with E-state index in [4.69, 9.17) is 10.5 Å². The topological polar surface area (TPSA) is 53.1 Å². The van der Waals surface area contributed by atoms with Gasteiger partial charge in [0.1, 0.15) is 11.6 Å². The second-order valence-electron chi connectivity index (χ2n) is 3.64. The lowest BCUT2D eigenvalue weighted by molar-refractivity contribution is 0.474. The van der Waals surface area contributed by atoms with Crippen LogP contribution in [0.15, 0.2) is 36.7 Å². The molecule has 0 bridgehead atoms. The molecule has 1 aromatic heterocycles. The van der Waals surface area contributed by atoms with Crippen molar-refractivity contribution in [2.24, 2.45) is 5.73 Å². The third-order valence-electron chi connectivity index (χ3n) is 2.23. The number of rotatable bonds is 5. The van der Waals surface area contributed by atoms with Crippen molar-refractivity contribution >= 4 is 0 Å². The van der Waals surface area contributed by atoms with Crippen LogP contribution >= 0.6 is 0 Å². The molecule has 1 heterocycles. The van der Waals surface area contributed by atoms with Gasteiger partial charge in [0.05, 0.1) is 12.4 Å². The van der Waals surface area contributed by atoms with Gasteiger partial charge in [-0.1, -0.05) is 6.07 Å². The van der Waals surface area contributed by atoms with Crippen molar-refractivity contribution < 1.29 is 9.13 Å². The lowest BCUT2D eigenvalue weighted by Crippen LogP contribution is -2.05. The molecule has 0 aliphatic carbocycles. The minimum Gasteiger partial charge on any atom is -0.454 e. The summed E-state index contributed by atoms with van der Waals surface area (Å²) in [5.74, 6) is 0.731. The lowest BCUT2D eigenvalue weighted by Gasteiger charge is -2.02. The molecule has 0 saturated heterocycles. The third kappa shape index (κ3) is 3.29. The molecule has 1 aromatic carbocycles. The maximum absolute atomic E-state index is 12.9. The van der Waals surface area contributed by atoms with E-state index >= 15 is 0 Å². The molecule has 17 heavy (non-hydrogen) atoms. The third-order valence-corrected chi connectivity index (χ3v) is 2.23. The molecule has 0 fully saturated rings. The first-order chi connectivity index (χ1) is 8.28. The van der Waals surface area contributed by atoms with Gasteiger partial charge in [0.2, 0.25) is 0 Å². The number of ether oxygens (including phenoxy) is 1. The Hall–Kier alpha value is -1.88. The fraction of sp³-hybridized carbons (Fsp3) is 0.250. The summed E-state index contributed by atoms with van der Waals surface area (Å²) in [5, 5.41) is 4.11. The number of hydrogen-bond acceptors (Lipinski definition) is 3. The Balaban J connectivity index is 2.01. The van der Waals surface area contributed by atoms with Crippen molar-refractivity contribution in [2.45, 2.75) is 13.0 Å². The molecule has 0 aliphatic heterocycles. The van der Waals surface area contributed by atoms with Crippen molar-refractivity contribution in [1.29, 1.82) is 0 Å². The molecule has 5 heteroatoms. The SMILES string of the molecule is NCCCn1cc(Oc2cccc(F)c2)cn1. The Kier molecular flexibility index (Phi) is 3.72. The standard InChI is InChI=1S/C12H14FN3O/c13-10-3-1-4-11(7-10)17-12-8-15-16(9-12)6-2-5-14/h1,3-4,7-9H,2,5-6,14H2. The Morgan fingerprint density at radius 1 is 1.35 bits per heavy atom. The van der Waals surface area contributed by atoms with E-state index in [-0.39, 0.29) is 5.82 Å². The molecule has 0 spiro atoms. The number of nitrogens with two attached hydrogens (primary N) is 1. The van der Waals surface area contributed by atoms with Gasteiger partial charge in [-0.3, -0.25) is 4.68 Å². The van der Waals surface area contributed by atoms with Crippen LogP contribution in [0.5, 0.6) is 11.5 Å². The molecule has 2 N–H and O–H groups in total. The number of halogens is 1. The van der Waals surface area contributed by atoms with Crippen LogP contribution in [0.4, 0.5) is 4.39 Å². The highest BCUT2D eigenvalue weighted by Gasteiger charge is 2.02. The first kappa shape index (κ1) is 11.6. The summed E-state index contributed by atoms with van der Waals surface area (Å²) in [7, 11) is 0. The van der Waals surface area contributed by atoms with Crippen molar-refractivity contribution in [2.75, 3.05) is 6.54 Å². The number of benzene rings is 1. The van der Waals surface area contributed by atoms with Crippen molar-refractivity contribution in [3.05, 3.63) is 42.5 Å². The van der Waals surface area contributed by atoms with E-state index < -0.39 is 0 Å². The van der Waals surface area contributed by atoms with Gasteiger partial charge in [-0.25, -0.2) is 4.39 Å². The predicted octanol–water partition coefficient (Wildman–Crippen LogP) is 2.16. The zero-order valence-electron chi connectivity index (χ0n) is 9.34. The van der Waals surface area contributed by atoms with Gasteiger partial charge >= 0.3 is 0 Å². The number of aromatic nitrogens is 2. The van der Waals surface area contributed by atoms with Gasteiger partial charge in [0.25, 0.3) is 0 Å². The van der Waals surface area contributed by atoms with Crippen LogP contribution in [0.1, 0.15) is 6.42 Å². The smallest absolute Gasteiger partial charge is 0.165 e. The lowest BCUT2D eigenvalue weighted by atomic mass is 10.3. The maximum atomic E-state index is 12.9. The van der Waals surface area contributed by atoms with E-state index in [9.17, 15) is 4.39 Å². The molecule has 0 aliphatic rings. The maximum Gasteiger partial charge on any atom is 0.165 e. The first-order valence-electron chi connectivity index (χ1n) is 5.44. The van der Waals surface area contributed by atoms with E-state index in [1.54, 1.807) is 29.2 Å². The summed E-state index contributed by atoms with van der Waals surface area (Å²) >= 11 is 0. The Labute approximate surface area is 98.8 Å². The Morgan fingerprint density at radius 2 is 2.24 bits per heavy atom. The van der Waals surface area contributed by atoms with Crippen LogP contribution in [-0.4, -0.2) is 16.3 Å². The van der Waals surface area contributed by atoms with Crippen LogP contribution in [0.25, 0.3) is 0 Å². The zero-order chi connectivity index (χ0) is 12.1. The van der Waals surface area contributed by atoms with Gasteiger partial charge in [-0.15, -0.1) is 0 Å². The summed E-state index contributed by atoms with van der Waals surface area (Å²) in [6.45, 7) is 1.38. The van der Waals surface area contributed by atoms with Gasteiger partial charge in [0, 0.05) is 12.6 Å². The summed E-state index contributed by atoms with van der Waals surface area (Å²) < 4.78 is 20.1. The largest absolute Gasteiger partial charge is 0.454 e. The molecule has 0 saturated carbocycles. The normalized spacial score (nSPS) is 10.5. The molecule has 0 radical (unpaired) electrons. The van der Waals surface area contributed by atoms with Gasteiger partial charge < -0.3 is 10.5 Å². The summed E-state index contributed by atoms with van der Waals surface area (Å²) in [5.41, 5.74) is 5.41. The van der Waals surface area contributed by atoms with Crippen LogP contribution in [0.2, 0.25) is 0 Å². The highest BCUT2D eigenvalue weighted by atomic mass is 19.1. The fourth-order valence-electron chi connectivity index (χ4n) is 1.44. The molecule has 2 rings (SSSR count). The molecule has 0 atom stereocenters. The second-order valence-corrected chi connectivity index (χ2v) is 3.64. The van der Waals surface area contributed by atoms with E-state index in [2.05, 4.69) is 5.10 Å². The average molecular weight is 235 g/mol. The monoisotopic (exact) mass is 235 g/mol. The van der Waals surface area contributed by atoms with Gasteiger partial charge in [-0.2, -0.15) is 5.10 Å². The van der Waals surface area contributed by atoms with Crippen molar-refractivity contribution in [3.8, 4) is 11.5 Å². The number of nitrogens with zero attached hydrogens (tertiary/aromatic N) is 2. The predicted molar refractivity (Wildman–Crippen MR) is 62.4 cm³/mol. The Bertz CT molecular complexity index is 484. The zero-order valence-corrected chi connectivity index (χ0v) is 9.34. The van der Waals surface area contributed by atoms with Gasteiger partial charge in [-0.05, 0) is 25.1 Å². The number of hydrogen-bond donors (Lipinski definition) is 1.